The molecule has 9 nitrogen and oxygen atoms in total. The Labute approximate surface area is 142 Å². The van der Waals surface area contributed by atoms with Gasteiger partial charge in [0.1, 0.15) is 18.6 Å². The molecule has 23 heavy (non-hydrogen) atoms. The summed E-state index contributed by atoms with van der Waals surface area (Å²) in [5, 5.41) is 21.7. The number of hydrogen-bond acceptors (Lipinski definition) is 6. The maximum atomic E-state index is 13.1. The van der Waals surface area contributed by atoms with Gasteiger partial charge in [-0.3, -0.25) is 4.79 Å². The van der Waals surface area contributed by atoms with Gasteiger partial charge in [0.2, 0.25) is 5.91 Å². The zero-order valence-electron chi connectivity index (χ0n) is 12.5. The minimum absolute atomic E-state index is 0. The molecule has 0 radical (unpaired) electrons. The van der Waals surface area contributed by atoms with Gasteiger partial charge in [0.25, 0.3) is 6.36 Å². The topological polar surface area (TPSA) is 126 Å². The summed E-state index contributed by atoms with van der Waals surface area (Å²) < 4.78 is 13.1. The number of urea groups is 1. The third-order valence-electron chi connectivity index (χ3n) is 3.30. The molecule has 0 unspecified atom stereocenters. The average Bonchev–Trinajstić information content (AvgIpc) is 2.70. The van der Waals surface area contributed by atoms with Gasteiger partial charge in [-0.15, -0.1) is 0 Å². The molecule has 11 heteroatoms. The van der Waals surface area contributed by atoms with Crippen molar-refractivity contribution < 1.29 is 47.6 Å². The summed E-state index contributed by atoms with van der Waals surface area (Å²) in [6, 6.07) is -0.747. The predicted molar refractivity (Wildman–Crippen MR) is 64.9 cm³/mol. The quantitative estimate of drug-likeness (QED) is 0.307. The predicted octanol–water partition coefficient (Wildman–Crippen LogP) is -4.96. The second-order valence-electron chi connectivity index (χ2n) is 4.76. The van der Waals surface area contributed by atoms with Crippen LogP contribution in [-0.2, 0) is 14.4 Å². The van der Waals surface area contributed by atoms with E-state index < -0.39 is 36.3 Å². The van der Waals surface area contributed by atoms with Crippen molar-refractivity contribution in [1.82, 2.24) is 15.3 Å². The van der Waals surface area contributed by atoms with Crippen LogP contribution in [0, 0.1) is 11.3 Å². The van der Waals surface area contributed by atoms with Gasteiger partial charge in [-0.05, 0) is 12.5 Å². The SMILES string of the molecule is CC1=C[C@@H]2CN(C(=O)N2O[C@@H](F)C(=O)[O-])[C@@H]1C(=O)NCC#N.[Li+]. The summed E-state index contributed by atoms with van der Waals surface area (Å²) in [6.07, 6.45) is -1.27. The van der Waals surface area contributed by atoms with Gasteiger partial charge in [0.05, 0.1) is 18.7 Å². The number of fused-ring (bicyclic) bond motifs is 2. The molecular formula is C12H12FLiN4O5. The molecule has 2 bridgehead atoms. The number of nitrogens with zero attached hydrogens (tertiary/aromatic N) is 3. The summed E-state index contributed by atoms with van der Waals surface area (Å²) in [4.78, 5) is 40.1. The Bertz CT molecular complexity index is 592. The van der Waals surface area contributed by atoms with Gasteiger partial charge < -0.3 is 20.1 Å². The number of rotatable bonds is 5. The number of aliphatic carboxylic acids is 1. The van der Waals surface area contributed by atoms with E-state index in [1.165, 1.54) is 6.08 Å². The number of alkyl halides is 1. The Kier molecular flexibility index (Phi) is 6.16. The molecule has 1 N–H and O–H groups in total. The smallest absolute Gasteiger partial charge is 0.544 e. The zero-order valence-corrected chi connectivity index (χ0v) is 12.5. The van der Waals surface area contributed by atoms with Gasteiger partial charge >= 0.3 is 24.9 Å². The number of carboxylic acid groups (broad SMARTS) is 1. The van der Waals surface area contributed by atoms with Crippen LogP contribution < -0.4 is 29.3 Å². The van der Waals surface area contributed by atoms with Crippen LogP contribution >= 0.6 is 0 Å². The fraction of sp³-hybridized carbons (Fsp3) is 0.500. The van der Waals surface area contributed by atoms with E-state index in [9.17, 15) is 23.9 Å². The van der Waals surface area contributed by atoms with E-state index in [1.54, 1.807) is 13.0 Å². The Morgan fingerprint density at radius 1 is 1.65 bits per heavy atom. The summed E-state index contributed by atoms with van der Waals surface area (Å²) in [7, 11) is 0. The van der Waals surface area contributed by atoms with E-state index in [2.05, 4.69) is 10.2 Å². The molecule has 1 saturated heterocycles. The van der Waals surface area contributed by atoms with Crippen molar-refractivity contribution in [2.45, 2.75) is 25.4 Å². The van der Waals surface area contributed by atoms with Crippen molar-refractivity contribution in [2.75, 3.05) is 13.1 Å². The number of halogens is 1. The summed E-state index contributed by atoms with van der Waals surface area (Å²) >= 11 is 0. The van der Waals surface area contributed by atoms with Crippen LogP contribution in [-0.4, -0.2) is 59.4 Å². The van der Waals surface area contributed by atoms with E-state index in [4.69, 9.17) is 5.26 Å². The molecule has 0 aromatic heterocycles. The number of carbonyl (C=O) groups is 3. The standard InChI is InChI=1S/C12H13FN4O5.Li/c1-6-4-7-5-16(8(6)10(18)15-3-2-14)12(21)17(7)22-9(13)11(19)20;/h4,7-9H,3,5H2,1H3,(H,15,18)(H,19,20);/q;+1/p-1/t7-,8+,9-;/m1./s1. The van der Waals surface area contributed by atoms with Crippen LogP contribution in [0.4, 0.5) is 9.18 Å². The Hall–Kier alpha value is -2.07. The molecule has 3 amide bonds. The first-order chi connectivity index (χ1) is 10.4. The zero-order chi connectivity index (χ0) is 16.4. The largest absolute Gasteiger partial charge is 1.00 e. The number of nitrogens with one attached hydrogen (secondary N) is 1. The second-order valence-corrected chi connectivity index (χ2v) is 4.76. The van der Waals surface area contributed by atoms with Crippen molar-refractivity contribution in [3.63, 3.8) is 0 Å². The molecule has 1 fully saturated rings. The Morgan fingerprint density at radius 3 is 2.87 bits per heavy atom. The van der Waals surface area contributed by atoms with Gasteiger partial charge in [-0.25, -0.2) is 14.0 Å². The van der Waals surface area contributed by atoms with Gasteiger partial charge in [0.15, 0.2) is 0 Å². The van der Waals surface area contributed by atoms with Crippen molar-refractivity contribution >= 4 is 17.9 Å². The third kappa shape index (κ3) is 3.64. The van der Waals surface area contributed by atoms with Crippen molar-refractivity contribution in [3.8, 4) is 6.07 Å². The van der Waals surface area contributed by atoms with Crippen LogP contribution in [0.2, 0.25) is 0 Å². The van der Waals surface area contributed by atoms with Crippen LogP contribution in [0.15, 0.2) is 11.6 Å². The molecule has 0 saturated carbocycles. The number of nitriles is 1. The van der Waals surface area contributed by atoms with E-state index in [0.717, 1.165) is 4.90 Å². The van der Waals surface area contributed by atoms with Gasteiger partial charge in [-0.2, -0.15) is 10.3 Å². The van der Waals surface area contributed by atoms with E-state index >= 15 is 0 Å². The van der Waals surface area contributed by atoms with Crippen LogP contribution in [0.1, 0.15) is 6.92 Å². The number of hydrogen-bond donors (Lipinski definition) is 1. The molecule has 3 atom stereocenters. The Balaban J connectivity index is 0.00000264. The maximum absolute atomic E-state index is 13.1. The summed E-state index contributed by atoms with van der Waals surface area (Å²) in [5.41, 5.74) is 0.509. The molecule has 0 spiro atoms. The molecular weight excluding hydrogens is 306 g/mol. The summed E-state index contributed by atoms with van der Waals surface area (Å²) in [5.74, 6) is -2.66. The van der Waals surface area contributed by atoms with E-state index in [1.807, 2.05) is 0 Å². The van der Waals surface area contributed by atoms with E-state index in [0.29, 0.717) is 10.6 Å². The normalized spacial score (nSPS) is 23.5. The number of carboxylic acids is 1. The minimum Gasteiger partial charge on any atom is -0.544 e. The average molecular weight is 318 g/mol. The van der Waals surface area contributed by atoms with E-state index in [-0.39, 0.29) is 32.0 Å². The first-order valence-electron chi connectivity index (χ1n) is 6.31. The number of amides is 3. The van der Waals surface area contributed by atoms with Crippen molar-refractivity contribution in [1.29, 1.82) is 5.26 Å². The summed E-state index contributed by atoms with van der Waals surface area (Å²) in [6.45, 7) is 1.42. The Morgan fingerprint density at radius 2 is 2.30 bits per heavy atom. The van der Waals surface area contributed by atoms with Crippen molar-refractivity contribution in [3.05, 3.63) is 11.6 Å². The monoisotopic (exact) mass is 318 g/mol. The molecule has 0 aliphatic carbocycles. The fourth-order valence-electron chi connectivity index (χ4n) is 2.44. The van der Waals surface area contributed by atoms with Crippen molar-refractivity contribution in [2.24, 2.45) is 0 Å². The van der Waals surface area contributed by atoms with Gasteiger partial charge in [-0.1, -0.05) is 6.08 Å². The first-order valence-corrected chi connectivity index (χ1v) is 6.31. The molecule has 2 aliphatic heterocycles. The molecule has 0 aromatic carbocycles. The fourth-order valence-corrected chi connectivity index (χ4v) is 2.44. The minimum atomic E-state index is -2.79. The van der Waals surface area contributed by atoms with Crippen LogP contribution in [0.5, 0.6) is 0 Å². The molecule has 0 aromatic rings. The molecule has 2 aliphatic rings. The number of hydroxylamine groups is 2. The first kappa shape index (κ1) is 19.0. The van der Waals surface area contributed by atoms with Crippen LogP contribution in [0.25, 0.3) is 0 Å². The third-order valence-corrected chi connectivity index (χ3v) is 3.30. The number of carbonyl (C=O) groups excluding carboxylic acids is 3. The van der Waals surface area contributed by atoms with Crippen LogP contribution in [0.3, 0.4) is 0 Å². The molecule has 118 valence electrons. The van der Waals surface area contributed by atoms with Gasteiger partial charge in [0, 0.05) is 0 Å². The second kappa shape index (κ2) is 7.46. The maximum Gasteiger partial charge on any atom is 1.00 e. The molecule has 2 rings (SSSR count). The molecule has 2 heterocycles.